The van der Waals surface area contributed by atoms with E-state index < -0.39 is 0 Å². The van der Waals surface area contributed by atoms with E-state index in [0.29, 0.717) is 12.8 Å². The van der Waals surface area contributed by atoms with Crippen LogP contribution in [0.5, 0.6) is 0 Å². The Balaban J connectivity index is 2.08. The highest BCUT2D eigenvalue weighted by Gasteiger charge is 2.31. The summed E-state index contributed by atoms with van der Waals surface area (Å²) in [7, 11) is 0. The van der Waals surface area contributed by atoms with Crippen molar-refractivity contribution in [3.8, 4) is 0 Å². The van der Waals surface area contributed by atoms with Gasteiger partial charge in [0.1, 0.15) is 0 Å². The molecule has 20 heavy (non-hydrogen) atoms. The van der Waals surface area contributed by atoms with Crippen molar-refractivity contribution in [2.75, 3.05) is 6.54 Å². The fraction of sp³-hybridized carbons (Fsp3) is 0.562. The van der Waals surface area contributed by atoms with Crippen LogP contribution in [0.3, 0.4) is 0 Å². The second-order valence-electron chi connectivity index (χ2n) is 6.26. The number of hydrogen-bond acceptors (Lipinski definition) is 2. The number of halogens is 1. The van der Waals surface area contributed by atoms with Crippen LogP contribution in [0.25, 0.3) is 0 Å². The normalized spacial score (nSPS) is 19.4. The largest absolute Gasteiger partial charge is 0.336 e. The summed E-state index contributed by atoms with van der Waals surface area (Å²) >= 11 is 6.27. The first-order chi connectivity index (χ1) is 9.38. The van der Waals surface area contributed by atoms with Gasteiger partial charge in [-0.15, -0.1) is 0 Å². The van der Waals surface area contributed by atoms with Crippen molar-refractivity contribution in [1.29, 1.82) is 0 Å². The number of carbonyl (C=O) groups excluding carboxylic acids is 1. The predicted octanol–water partition coefficient (Wildman–Crippen LogP) is 3.52. The monoisotopic (exact) mass is 294 g/mol. The molecule has 1 aromatic rings. The van der Waals surface area contributed by atoms with Crippen molar-refractivity contribution in [3.63, 3.8) is 0 Å². The number of nitrogens with two attached hydrogens (primary N) is 1. The van der Waals surface area contributed by atoms with Crippen LogP contribution < -0.4 is 5.73 Å². The molecular weight excluding hydrogens is 272 g/mol. The van der Waals surface area contributed by atoms with E-state index in [1.807, 2.05) is 43.0 Å². The zero-order valence-electron chi connectivity index (χ0n) is 12.2. The Kier molecular flexibility index (Phi) is 4.71. The van der Waals surface area contributed by atoms with Gasteiger partial charge in [-0.05, 0) is 44.7 Å². The van der Waals surface area contributed by atoms with Crippen molar-refractivity contribution >= 4 is 17.5 Å². The Morgan fingerprint density at radius 1 is 1.45 bits per heavy atom. The van der Waals surface area contributed by atoms with Gasteiger partial charge in [0.25, 0.3) is 0 Å². The fourth-order valence-electron chi connectivity index (χ4n) is 2.71. The number of rotatable bonds is 4. The molecule has 2 N–H and O–H groups in total. The Morgan fingerprint density at radius 2 is 2.15 bits per heavy atom. The van der Waals surface area contributed by atoms with Gasteiger partial charge in [-0.2, -0.15) is 0 Å². The molecule has 1 unspecified atom stereocenters. The van der Waals surface area contributed by atoms with Crippen LogP contribution in [-0.4, -0.2) is 22.9 Å². The average molecular weight is 295 g/mol. The summed E-state index contributed by atoms with van der Waals surface area (Å²) < 4.78 is 0. The molecule has 4 heteroatoms. The van der Waals surface area contributed by atoms with Crippen LogP contribution in [0, 0.1) is 0 Å². The SMILES string of the molecule is CC(C)(N)CCC(=O)N1CCCC1c1ccccc1Cl. The Morgan fingerprint density at radius 3 is 2.80 bits per heavy atom. The summed E-state index contributed by atoms with van der Waals surface area (Å²) in [5.74, 6) is 0.186. The summed E-state index contributed by atoms with van der Waals surface area (Å²) in [6, 6.07) is 7.93. The molecule has 1 aromatic carbocycles. The van der Waals surface area contributed by atoms with E-state index in [4.69, 9.17) is 17.3 Å². The summed E-state index contributed by atoms with van der Waals surface area (Å²) in [5.41, 5.74) is 6.73. The molecule has 0 radical (unpaired) electrons. The van der Waals surface area contributed by atoms with E-state index in [1.54, 1.807) is 0 Å². The lowest BCUT2D eigenvalue weighted by molar-refractivity contribution is -0.132. The number of amides is 1. The standard InChI is InChI=1S/C16H23ClN2O/c1-16(2,18)10-9-15(20)19-11-5-8-14(19)12-6-3-4-7-13(12)17/h3-4,6-7,14H,5,8-11,18H2,1-2H3. The minimum atomic E-state index is -0.296. The Bertz CT molecular complexity index is 482. The molecule has 0 bridgehead atoms. The van der Waals surface area contributed by atoms with Crippen molar-refractivity contribution in [3.05, 3.63) is 34.9 Å². The molecule has 3 nitrogen and oxygen atoms in total. The summed E-state index contributed by atoms with van der Waals surface area (Å²) in [6.45, 7) is 4.73. The van der Waals surface area contributed by atoms with Crippen LogP contribution >= 0.6 is 11.6 Å². The highest BCUT2D eigenvalue weighted by Crippen LogP contribution is 2.36. The quantitative estimate of drug-likeness (QED) is 0.923. The van der Waals surface area contributed by atoms with Gasteiger partial charge >= 0.3 is 0 Å². The first-order valence-corrected chi connectivity index (χ1v) is 7.59. The topological polar surface area (TPSA) is 46.3 Å². The second kappa shape index (κ2) is 6.15. The maximum atomic E-state index is 12.4. The lowest BCUT2D eigenvalue weighted by Crippen LogP contribution is -2.36. The predicted molar refractivity (Wildman–Crippen MR) is 82.6 cm³/mol. The summed E-state index contributed by atoms with van der Waals surface area (Å²) in [4.78, 5) is 14.4. The number of carbonyl (C=O) groups is 1. The number of nitrogens with zero attached hydrogens (tertiary/aromatic N) is 1. The number of benzene rings is 1. The van der Waals surface area contributed by atoms with E-state index >= 15 is 0 Å². The average Bonchev–Trinajstić information content (AvgIpc) is 2.84. The number of likely N-dealkylation sites (tertiary alicyclic amines) is 1. The molecule has 0 aliphatic carbocycles. The van der Waals surface area contributed by atoms with E-state index in [2.05, 4.69) is 0 Å². The van der Waals surface area contributed by atoms with Gasteiger partial charge in [0.15, 0.2) is 0 Å². The van der Waals surface area contributed by atoms with Crippen molar-refractivity contribution in [2.45, 2.75) is 51.1 Å². The molecule has 1 fully saturated rings. The molecule has 110 valence electrons. The van der Waals surface area contributed by atoms with Crippen LogP contribution in [0.4, 0.5) is 0 Å². The molecule has 0 spiro atoms. The Labute approximate surface area is 126 Å². The summed E-state index contributed by atoms with van der Waals surface area (Å²) in [5, 5.41) is 0.747. The van der Waals surface area contributed by atoms with Crippen molar-refractivity contribution in [2.24, 2.45) is 5.73 Å². The lowest BCUT2D eigenvalue weighted by atomic mass is 9.99. The third-order valence-corrected chi connectivity index (χ3v) is 4.16. The van der Waals surface area contributed by atoms with Crippen LogP contribution in [-0.2, 0) is 4.79 Å². The van der Waals surface area contributed by atoms with Crippen molar-refractivity contribution < 1.29 is 4.79 Å². The van der Waals surface area contributed by atoms with Crippen LogP contribution in [0.1, 0.15) is 51.1 Å². The molecular formula is C16H23ClN2O. The molecule has 1 aliphatic heterocycles. The fourth-order valence-corrected chi connectivity index (χ4v) is 2.97. The molecule has 1 heterocycles. The van der Waals surface area contributed by atoms with Gasteiger partial charge in [-0.1, -0.05) is 29.8 Å². The number of hydrogen-bond donors (Lipinski definition) is 1. The smallest absolute Gasteiger partial charge is 0.223 e. The van der Waals surface area contributed by atoms with E-state index in [1.165, 1.54) is 0 Å². The first kappa shape index (κ1) is 15.3. The summed E-state index contributed by atoms with van der Waals surface area (Å²) in [6.07, 6.45) is 3.23. The van der Waals surface area contributed by atoms with Gasteiger partial charge in [-0.3, -0.25) is 4.79 Å². The van der Waals surface area contributed by atoms with Gasteiger partial charge < -0.3 is 10.6 Å². The highest BCUT2D eigenvalue weighted by molar-refractivity contribution is 6.31. The van der Waals surface area contributed by atoms with Gasteiger partial charge in [0, 0.05) is 23.5 Å². The highest BCUT2D eigenvalue weighted by atomic mass is 35.5. The molecule has 1 atom stereocenters. The molecule has 1 aliphatic rings. The van der Waals surface area contributed by atoms with E-state index in [9.17, 15) is 4.79 Å². The van der Waals surface area contributed by atoms with Crippen LogP contribution in [0.15, 0.2) is 24.3 Å². The van der Waals surface area contributed by atoms with Gasteiger partial charge in [0.05, 0.1) is 6.04 Å². The van der Waals surface area contributed by atoms with Crippen LogP contribution in [0.2, 0.25) is 5.02 Å². The second-order valence-corrected chi connectivity index (χ2v) is 6.66. The first-order valence-electron chi connectivity index (χ1n) is 7.21. The Hall–Kier alpha value is -1.06. The third kappa shape index (κ3) is 3.74. The zero-order valence-corrected chi connectivity index (χ0v) is 13.0. The molecule has 0 saturated carbocycles. The van der Waals surface area contributed by atoms with E-state index in [-0.39, 0.29) is 17.5 Å². The van der Waals surface area contributed by atoms with Gasteiger partial charge in [-0.25, -0.2) is 0 Å². The van der Waals surface area contributed by atoms with Crippen molar-refractivity contribution in [1.82, 2.24) is 4.90 Å². The minimum absolute atomic E-state index is 0.122. The maximum Gasteiger partial charge on any atom is 0.223 e. The minimum Gasteiger partial charge on any atom is -0.336 e. The third-order valence-electron chi connectivity index (χ3n) is 3.82. The molecule has 1 saturated heterocycles. The van der Waals surface area contributed by atoms with Gasteiger partial charge in [0.2, 0.25) is 5.91 Å². The maximum absolute atomic E-state index is 12.4. The molecule has 2 rings (SSSR count). The molecule has 0 aromatic heterocycles. The zero-order chi connectivity index (χ0) is 14.8. The van der Waals surface area contributed by atoms with E-state index in [0.717, 1.165) is 30.0 Å². The lowest BCUT2D eigenvalue weighted by Gasteiger charge is -2.27. The molecule has 1 amide bonds.